The molecule has 0 radical (unpaired) electrons. The smallest absolute Gasteiger partial charge is 0.261 e. The zero-order valence-electron chi connectivity index (χ0n) is 19.8. The summed E-state index contributed by atoms with van der Waals surface area (Å²) in [5.74, 6) is 0.787. The lowest BCUT2D eigenvalue weighted by atomic mass is 10.1. The Hall–Kier alpha value is -4.33. The van der Waals surface area contributed by atoms with Crippen LogP contribution in [0, 0.1) is 0 Å². The molecule has 8 heteroatoms. The minimum Gasteiger partial charge on any atom is -0.497 e. The minimum atomic E-state index is -0.348. The van der Waals surface area contributed by atoms with Crippen molar-refractivity contribution >= 4 is 17.7 Å². The number of carbonyl (C=O) groups is 3. The number of amides is 3. The summed E-state index contributed by atoms with van der Waals surface area (Å²) >= 11 is 0. The van der Waals surface area contributed by atoms with Crippen molar-refractivity contribution in [1.82, 2.24) is 10.2 Å². The van der Waals surface area contributed by atoms with Gasteiger partial charge in [0.1, 0.15) is 17.2 Å². The molecule has 0 saturated carbocycles. The third kappa shape index (κ3) is 4.82. The van der Waals surface area contributed by atoms with Crippen molar-refractivity contribution in [2.24, 2.45) is 0 Å². The summed E-state index contributed by atoms with van der Waals surface area (Å²) in [5, 5.41) is 2.90. The summed E-state index contributed by atoms with van der Waals surface area (Å²) < 4.78 is 16.0. The van der Waals surface area contributed by atoms with Crippen molar-refractivity contribution in [3.05, 3.63) is 88.5 Å². The summed E-state index contributed by atoms with van der Waals surface area (Å²) in [6, 6.07) is 17.3. The van der Waals surface area contributed by atoms with Crippen LogP contribution >= 0.6 is 0 Å². The molecule has 0 fully saturated rings. The van der Waals surface area contributed by atoms with Crippen LogP contribution in [0.1, 0.15) is 42.2 Å². The highest BCUT2D eigenvalue weighted by molar-refractivity contribution is 6.21. The van der Waals surface area contributed by atoms with Crippen molar-refractivity contribution in [1.29, 1.82) is 0 Å². The lowest BCUT2D eigenvalue weighted by molar-refractivity contribution is 0.0642. The Labute approximate surface area is 203 Å². The van der Waals surface area contributed by atoms with E-state index in [4.69, 9.17) is 14.2 Å². The fourth-order valence-corrected chi connectivity index (χ4v) is 4.08. The van der Waals surface area contributed by atoms with Crippen LogP contribution in [0.2, 0.25) is 0 Å². The molecule has 35 heavy (non-hydrogen) atoms. The van der Waals surface area contributed by atoms with Crippen LogP contribution in [-0.4, -0.2) is 50.5 Å². The van der Waals surface area contributed by atoms with Crippen molar-refractivity contribution in [3.63, 3.8) is 0 Å². The minimum absolute atomic E-state index is 0.0532. The van der Waals surface area contributed by atoms with E-state index >= 15 is 0 Å². The molecule has 1 N–H and O–H groups in total. The average molecular weight is 475 g/mol. The van der Waals surface area contributed by atoms with Crippen molar-refractivity contribution in [3.8, 4) is 17.2 Å². The lowest BCUT2D eigenvalue weighted by Gasteiger charge is -2.16. The number of hydrogen-bond donors (Lipinski definition) is 1. The van der Waals surface area contributed by atoms with E-state index in [1.165, 1.54) is 12.0 Å². The third-order valence-electron chi connectivity index (χ3n) is 5.89. The molecule has 4 rings (SSSR count). The molecule has 0 unspecified atom stereocenters. The van der Waals surface area contributed by atoms with Gasteiger partial charge in [-0.15, -0.1) is 0 Å². The molecular weight excluding hydrogens is 448 g/mol. The fourth-order valence-electron chi connectivity index (χ4n) is 4.08. The number of hydrogen-bond acceptors (Lipinski definition) is 6. The molecule has 0 spiro atoms. The van der Waals surface area contributed by atoms with Crippen LogP contribution < -0.4 is 19.5 Å². The van der Waals surface area contributed by atoms with Crippen LogP contribution in [0.15, 0.2) is 60.7 Å². The quantitative estimate of drug-likeness (QED) is 0.477. The maximum absolute atomic E-state index is 13.0. The van der Waals surface area contributed by atoms with E-state index in [1.54, 1.807) is 56.7 Å². The number of methoxy groups -OCH3 is 3. The molecule has 0 aromatic heterocycles. The maximum atomic E-state index is 13.0. The summed E-state index contributed by atoms with van der Waals surface area (Å²) in [7, 11) is 4.67. The molecule has 0 atom stereocenters. The van der Waals surface area contributed by atoms with Crippen molar-refractivity contribution in [2.45, 2.75) is 13.0 Å². The van der Waals surface area contributed by atoms with E-state index in [-0.39, 0.29) is 24.3 Å². The number of ether oxygens (including phenoxy) is 3. The molecule has 1 aliphatic heterocycles. The van der Waals surface area contributed by atoms with E-state index in [9.17, 15) is 14.4 Å². The Morgan fingerprint density at radius 1 is 0.829 bits per heavy atom. The van der Waals surface area contributed by atoms with Gasteiger partial charge in [0.25, 0.3) is 17.7 Å². The number of carbonyl (C=O) groups excluding carboxylic acids is 3. The molecule has 0 saturated heterocycles. The standard InChI is InChI=1S/C27H26N2O6/c1-33-19-9-11-23(34-2)18(15-19)12-13-28-25(30)22-14-17(8-10-24(22)35-3)16-29-26(31)20-6-4-5-7-21(20)27(29)32/h4-11,14-15H,12-13,16H2,1-3H3,(H,28,30). The SMILES string of the molecule is COc1ccc(OC)c(CCNC(=O)c2cc(CN3C(=O)c4ccccc4C3=O)ccc2OC)c1. The monoisotopic (exact) mass is 474 g/mol. The van der Waals surface area contributed by atoms with Gasteiger partial charge in [-0.05, 0) is 60.0 Å². The number of nitrogens with one attached hydrogen (secondary N) is 1. The second kappa shape index (κ2) is 10.3. The highest BCUT2D eigenvalue weighted by Crippen LogP contribution is 2.27. The zero-order valence-corrected chi connectivity index (χ0v) is 19.8. The molecule has 8 nitrogen and oxygen atoms in total. The van der Waals surface area contributed by atoms with Gasteiger partial charge in [0.15, 0.2) is 0 Å². The van der Waals surface area contributed by atoms with Gasteiger partial charge in [0.05, 0.1) is 44.6 Å². The van der Waals surface area contributed by atoms with E-state index in [2.05, 4.69) is 5.32 Å². The van der Waals surface area contributed by atoms with Gasteiger partial charge in [-0.25, -0.2) is 0 Å². The number of benzene rings is 3. The maximum Gasteiger partial charge on any atom is 0.261 e. The molecule has 3 aromatic carbocycles. The molecule has 0 aliphatic carbocycles. The molecule has 3 aromatic rings. The van der Waals surface area contributed by atoms with Crippen LogP contribution in [0.25, 0.3) is 0 Å². The topological polar surface area (TPSA) is 94.2 Å². The van der Waals surface area contributed by atoms with Crippen molar-refractivity contribution in [2.75, 3.05) is 27.9 Å². The Kier molecular flexibility index (Phi) is 7.01. The van der Waals surface area contributed by atoms with E-state index < -0.39 is 0 Å². The van der Waals surface area contributed by atoms with Gasteiger partial charge < -0.3 is 19.5 Å². The third-order valence-corrected chi connectivity index (χ3v) is 5.89. The Morgan fingerprint density at radius 3 is 2.11 bits per heavy atom. The molecule has 3 amide bonds. The number of fused-ring (bicyclic) bond motifs is 1. The number of rotatable bonds is 9. The second-order valence-corrected chi connectivity index (χ2v) is 7.96. The van der Waals surface area contributed by atoms with Gasteiger partial charge in [-0.3, -0.25) is 19.3 Å². The molecule has 180 valence electrons. The van der Waals surface area contributed by atoms with Gasteiger partial charge in [-0.2, -0.15) is 0 Å². The summed E-state index contributed by atoms with van der Waals surface area (Å²) in [6.45, 7) is 0.409. The first-order valence-corrected chi connectivity index (χ1v) is 11.1. The largest absolute Gasteiger partial charge is 0.497 e. The first kappa shape index (κ1) is 23.8. The van der Waals surface area contributed by atoms with Crippen LogP contribution in [0.3, 0.4) is 0 Å². The normalized spacial score (nSPS) is 12.4. The van der Waals surface area contributed by atoms with Gasteiger partial charge in [-0.1, -0.05) is 18.2 Å². The van der Waals surface area contributed by atoms with Crippen LogP contribution in [0.5, 0.6) is 17.2 Å². The first-order chi connectivity index (χ1) is 17.0. The lowest BCUT2D eigenvalue weighted by Crippen LogP contribution is -2.29. The Balaban J connectivity index is 1.47. The molecule has 1 heterocycles. The average Bonchev–Trinajstić information content (AvgIpc) is 3.13. The van der Waals surface area contributed by atoms with Crippen LogP contribution in [0.4, 0.5) is 0 Å². The Morgan fingerprint density at radius 2 is 1.49 bits per heavy atom. The van der Waals surface area contributed by atoms with E-state index in [0.717, 1.165) is 5.56 Å². The van der Waals surface area contributed by atoms with Gasteiger partial charge in [0, 0.05) is 6.54 Å². The highest BCUT2D eigenvalue weighted by Gasteiger charge is 2.35. The predicted molar refractivity (Wildman–Crippen MR) is 129 cm³/mol. The van der Waals surface area contributed by atoms with Crippen molar-refractivity contribution < 1.29 is 28.6 Å². The molecule has 1 aliphatic rings. The predicted octanol–water partition coefficient (Wildman–Crippen LogP) is 3.48. The van der Waals surface area contributed by atoms with Gasteiger partial charge >= 0.3 is 0 Å². The van der Waals surface area contributed by atoms with Gasteiger partial charge in [0.2, 0.25) is 0 Å². The Bertz CT molecular complexity index is 1250. The molecular formula is C27H26N2O6. The van der Waals surface area contributed by atoms with E-state index in [0.29, 0.717) is 52.5 Å². The number of nitrogens with zero attached hydrogens (tertiary/aromatic N) is 1. The summed E-state index contributed by atoms with van der Waals surface area (Å²) in [6.07, 6.45) is 0.531. The second-order valence-electron chi connectivity index (χ2n) is 7.96. The zero-order chi connectivity index (χ0) is 24.9. The molecule has 0 bridgehead atoms. The summed E-state index contributed by atoms with van der Waals surface area (Å²) in [5.41, 5.74) is 2.63. The fraction of sp³-hybridized carbons (Fsp3) is 0.222. The highest BCUT2D eigenvalue weighted by atomic mass is 16.5. The van der Waals surface area contributed by atoms with E-state index in [1.807, 2.05) is 18.2 Å². The first-order valence-electron chi connectivity index (χ1n) is 11.1. The van der Waals surface area contributed by atoms with Crippen LogP contribution in [-0.2, 0) is 13.0 Å². The summed E-state index contributed by atoms with van der Waals surface area (Å²) in [4.78, 5) is 39.6. The number of imide groups is 1.